The highest BCUT2D eigenvalue weighted by atomic mass is 35.5. The van der Waals surface area contributed by atoms with Crippen LogP contribution in [0.2, 0.25) is 5.02 Å². The van der Waals surface area contributed by atoms with Gasteiger partial charge in [0.1, 0.15) is 5.75 Å². The first kappa shape index (κ1) is 15.6. The van der Waals surface area contributed by atoms with Gasteiger partial charge in [0, 0.05) is 11.4 Å². The van der Waals surface area contributed by atoms with Crippen molar-refractivity contribution in [3.05, 3.63) is 28.3 Å². The first-order valence-electron chi connectivity index (χ1n) is 7.20. The van der Waals surface area contributed by atoms with Crippen LogP contribution in [0.1, 0.15) is 50.7 Å². The number of halogens is 1. The van der Waals surface area contributed by atoms with Gasteiger partial charge in [0.2, 0.25) is 0 Å². The van der Waals surface area contributed by atoms with Crippen LogP contribution in [0.25, 0.3) is 0 Å². The van der Waals surface area contributed by atoms with Crippen LogP contribution in [0.4, 0.5) is 0 Å². The average molecular weight is 299 g/mol. The Morgan fingerprint density at radius 2 is 1.95 bits per heavy atom. The van der Waals surface area contributed by atoms with E-state index in [0.717, 1.165) is 29.7 Å². The van der Waals surface area contributed by atoms with Gasteiger partial charge in [0.15, 0.2) is 5.79 Å². The molecule has 4 heteroatoms. The van der Waals surface area contributed by atoms with Crippen LogP contribution in [0, 0.1) is 0 Å². The molecule has 0 N–H and O–H groups in total. The maximum Gasteiger partial charge on any atom is 0.198 e. The fraction of sp³-hybridized carbons (Fsp3) is 0.625. The predicted molar refractivity (Wildman–Crippen MR) is 80.6 cm³/mol. The molecule has 112 valence electrons. The van der Waals surface area contributed by atoms with Gasteiger partial charge < -0.3 is 14.2 Å². The van der Waals surface area contributed by atoms with Crippen LogP contribution in [-0.2, 0) is 15.3 Å². The largest absolute Gasteiger partial charge is 0.496 e. The first-order valence-corrected chi connectivity index (χ1v) is 7.57. The number of ether oxygens (including phenoxy) is 3. The molecule has 0 radical (unpaired) electrons. The molecule has 1 fully saturated rings. The molecule has 0 aromatic heterocycles. The van der Waals surface area contributed by atoms with E-state index in [1.165, 1.54) is 0 Å². The van der Waals surface area contributed by atoms with Gasteiger partial charge in [-0.3, -0.25) is 0 Å². The second kappa shape index (κ2) is 6.33. The zero-order valence-corrected chi connectivity index (χ0v) is 13.4. The smallest absolute Gasteiger partial charge is 0.198 e. The summed E-state index contributed by atoms with van der Waals surface area (Å²) in [5.74, 6) is 0.441. The van der Waals surface area contributed by atoms with Crippen LogP contribution >= 0.6 is 11.6 Å². The minimum Gasteiger partial charge on any atom is -0.496 e. The van der Waals surface area contributed by atoms with Crippen molar-refractivity contribution in [1.82, 2.24) is 0 Å². The SMILES string of the molecule is CCCC1(c2cc(Cl)cc(C(C)C)c2OC)OCCO1. The second-order valence-electron chi connectivity index (χ2n) is 5.43. The molecule has 1 heterocycles. The fourth-order valence-electron chi connectivity index (χ4n) is 2.77. The van der Waals surface area contributed by atoms with E-state index in [2.05, 4.69) is 20.8 Å². The fourth-order valence-corrected chi connectivity index (χ4v) is 3.00. The van der Waals surface area contributed by atoms with Crippen LogP contribution in [0.3, 0.4) is 0 Å². The predicted octanol–water partition coefficient (Wildman–Crippen LogP) is 4.47. The Morgan fingerprint density at radius 3 is 2.45 bits per heavy atom. The molecule has 2 rings (SSSR count). The summed E-state index contributed by atoms with van der Waals surface area (Å²) in [6.07, 6.45) is 1.76. The van der Waals surface area contributed by atoms with Crippen molar-refractivity contribution in [2.24, 2.45) is 0 Å². The topological polar surface area (TPSA) is 27.7 Å². The van der Waals surface area contributed by atoms with Crippen molar-refractivity contribution in [2.45, 2.75) is 45.3 Å². The molecule has 0 amide bonds. The monoisotopic (exact) mass is 298 g/mol. The number of rotatable bonds is 5. The normalized spacial score (nSPS) is 17.7. The molecule has 1 aromatic rings. The van der Waals surface area contributed by atoms with Crippen LogP contribution < -0.4 is 4.74 Å². The molecule has 1 aliphatic heterocycles. The van der Waals surface area contributed by atoms with E-state index in [-0.39, 0.29) is 0 Å². The summed E-state index contributed by atoms with van der Waals surface area (Å²) in [6, 6.07) is 3.87. The Labute approximate surface area is 126 Å². The van der Waals surface area contributed by atoms with Gasteiger partial charge in [-0.2, -0.15) is 0 Å². The highest BCUT2D eigenvalue weighted by molar-refractivity contribution is 6.30. The summed E-state index contributed by atoms with van der Waals surface area (Å²) in [5.41, 5.74) is 2.00. The van der Waals surface area contributed by atoms with E-state index in [1.807, 2.05) is 12.1 Å². The highest BCUT2D eigenvalue weighted by Crippen LogP contribution is 2.45. The zero-order valence-electron chi connectivity index (χ0n) is 12.7. The molecule has 0 atom stereocenters. The van der Waals surface area contributed by atoms with Gasteiger partial charge >= 0.3 is 0 Å². The minimum absolute atomic E-state index is 0.322. The Kier molecular flexibility index (Phi) is 4.95. The number of hydrogen-bond donors (Lipinski definition) is 0. The Hall–Kier alpha value is -0.770. The maximum atomic E-state index is 6.30. The van der Waals surface area contributed by atoms with E-state index < -0.39 is 5.79 Å². The van der Waals surface area contributed by atoms with Crippen LogP contribution in [0.5, 0.6) is 5.75 Å². The Balaban J connectivity index is 2.59. The standard InChI is InChI=1S/C16H23ClO3/c1-5-6-16(19-7-8-20-16)14-10-12(17)9-13(11(2)3)15(14)18-4/h9-11H,5-8H2,1-4H3. The third kappa shape index (κ3) is 2.80. The lowest BCUT2D eigenvalue weighted by Crippen LogP contribution is -2.28. The van der Waals surface area contributed by atoms with E-state index in [9.17, 15) is 0 Å². The summed E-state index contributed by atoms with van der Waals surface area (Å²) in [5, 5.41) is 0.694. The Morgan fingerprint density at radius 1 is 1.30 bits per heavy atom. The van der Waals surface area contributed by atoms with Crippen molar-refractivity contribution in [2.75, 3.05) is 20.3 Å². The molecular weight excluding hydrogens is 276 g/mol. The number of methoxy groups -OCH3 is 1. The molecule has 1 aliphatic rings. The van der Waals surface area contributed by atoms with Gasteiger partial charge in [-0.15, -0.1) is 0 Å². The van der Waals surface area contributed by atoms with Gasteiger partial charge in [0.25, 0.3) is 0 Å². The maximum absolute atomic E-state index is 6.30. The van der Waals surface area contributed by atoms with Crippen molar-refractivity contribution < 1.29 is 14.2 Å². The van der Waals surface area contributed by atoms with Gasteiger partial charge in [-0.25, -0.2) is 0 Å². The van der Waals surface area contributed by atoms with Crippen LogP contribution in [-0.4, -0.2) is 20.3 Å². The third-order valence-electron chi connectivity index (χ3n) is 3.65. The quantitative estimate of drug-likeness (QED) is 0.802. The molecular formula is C16H23ClO3. The highest BCUT2D eigenvalue weighted by Gasteiger charge is 2.41. The van der Waals surface area contributed by atoms with Crippen molar-refractivity contribution in [3.63, 3.8) is 0 Å². The lowest BCUT2D eigenvalue weighted by atomic mass is 9.93. The van der Waals surface area contributed by atoms with E-state index in [4.69, 9.17) is 25.8 Å². The summed E-state index contributed by atoms with van der Waals surface area (Å²) in [4.78, 5) is 0. The molecule has 1 saturated heterocycles. The van der Waals surface area contributed by atoms with E-state index in [0.29, 0.717) is 24.2 Å². The molecule has 1 aromatic carbocycles. The molecule has 0 saturated carbocycles. The van der Waals surface area contributed by atoms with Crippen molar-refractivity contribution >= 4 is 11.6 Å². The first-order chi connectivity index (χ1) is 9.54. The molecule has 0 spiro atoms. The van der Waals surface area contributed by atoms with Gasteiger partial charge in [0.05, 0.1) is 25.9 Å². The van der Waals surface area contributed by atoms with Gasteiger partial charge in [-0.05, 0) is 23.6 Å². The third-order valence-corrected chi connectivity index (χ3v) is 3.87. The van der Waals surface area contributed by atoms with Crippen molar-refractivity contribution in [3.8, 4) is 5.75 Å². The molecule has 0 unspecified atom stereocenters. The number of hydrogen-bond acceptors (Lipinski definition) is 3. The van der Waals surface area contributed by atoms with E-state index >= 15 is 0 Å². The van der Waals surface area contributed by atoms with Crippen LogP contribution in [0.15, 0.2) is 12.1 Å². The molecule has 20 heavy (non-hydrogen) atoms. The van der Waals surface area contributed by atoms with Crippen molar-refractivity contribution in [1.29, 1.82) is 0 Å². The molecule has 0 bridgehead atoms. The summed E-state index contributed by atoms with van der Waals surface area (Å²) >= 11 is 6.30. The van der Waals surface area contributed by atoms with E-state index in [1.54, 1.807) is 7.11 Å². The summed E-state index contributed by atoms with van der Waals surface area (Å²) in [6.45, 7) is 7.58. The number of benzene rings is 1. The second-order valence-corrected chi connectivity index (χ2v) is 5.87. The summed E-state index contributed by atoms with van der Waals surface area (Å²) < 4.78 is 17.5. The van der Waals surface area contributed by atoms with Gasteiger partial charge in [-0.1, -0.05) is 38.8 Å². The lowest BCUT2D eigenvalue weighted by molar-refractivity contribution is -0.171. The Bertz CT molecular complexity index is 465. The minimum atomic E-state index is -0.714. The average Bonchev–Trinajstić information content (AvgIpc) is 2.87. The zero-order chi connectivity index (χ0) is 14.8. The molecule has 0 aliphatic carbocycles. The molecule has 3 nitrogen and oxygen atoms in total. The lowest BCUT2D eigenvalue weighted by Gasteiger charge is -2.30. The summed E-state index contributed by atoms with van der Waals surface area (Å²) in [7, 11) is 1.69.